The first kappa shape index (κ1) is 19.7. The van der Waals surface area contributed by atoms with Gasteiger partial charge >= 0.3 is 5.97 Å². The van der Waals surface area contributed by atoms with Crippen LogP contribution in [0.25, 0.3) is 16.0 Å². The molecule has 5 aromatic heterocycles. The number of aryl methyl sites for hydroxylation is 2. The topological polar surface area (TPSA) is 83.4 Å². The van der Waals surface area contributed by atoms with E-state index in [1.807, 2.05) is 42.8 Å². The number of esters is 1. The van der Waals surface area contributed by atoms with Gasteiger partial charge in [0.15, 0.2) is 12.4 Å². The van der Waals surface area contributed by atoms with Crippen molar-refractivity contribution in [1.29, 1.82) is 0 Å². The smallest absolute Gasteiger partial charge is 0.340 e. The zero-order valence-corrected chi connectivity index (χ0v) is 18.8. The summed E-state index contributed by atoms with van der Waals surface area (Å²) in [5, 5.41) is 12.2. The molecule has 10 heteroatoms. The summed E-state index contributed by atoms with van der Waals surface area (Å²) in [7, 11) is 1.66. The number of rotatable bonds is 5. The third-order valence-electron chi connectivity index (χ3n) is 5.42. The van der Waals surface area contributed by atoms with Crippen molar-refractivity contribution in [2.75, 3.05) is 0 Å². The highest BCUT2D eigenvalue weighted by atomic mass is 32.1. The third kappa shape index (κ3) is 3.19. The lowest BCUT2D eigenvalue weighted by molar-refractivity contribution is 0.0460. The number of fused-ring (bicyclic) bond motifs is 3. The van der Waals surface area contributed by atoms with Crippen molar-refractivity contribution in [2.24, 2.45) is 7.05 Å². The summed E-state index contributed by atoms with van der Waals surface area (Å²) < 4.78 is 11.5. The van der Waals surface area contributed by atoms with Crippen LogP contribution in [0.15, 0.2) is 39.8 Å². The van der Waals surface area contributed by atoms with Gasteiger partial charge in [-0.25, -0.2) is 4.79 Å². The van der Waals surface area contributed by atoms with E-state index in [2.05, 4.69) is 20.8 Å². The highest BCUT2D eigenvalue weighted by Gasteiger charge is 2.20. The van der Waals surface area contributed by atoms with Gasteiger partial charge in [0.1, 0.15) is 4.70 Å². The number of carbonyl (C=O) groups is 1. The van der Waals surface area contributed by atoms with Gasteiger partial charge in [-0.15, -0.1) is 32.9 Å². The molecule has 0 saturated carbocycles. The highest BCUT2D eigenvalue weighted by Crippen LogP contribution is 2.22. The Labute approximate surface area is 185 Å². The van der Waals surface area contributed by atoms with Crippen molar-refractivity contribution < 1.29 is 9.53 Å². The van der Waals surface area contributed by atoms with Crippen LogP contribution in [0, 0.1) is 13.8 Å². The van der Waals surface area contributed by atoms with Crippen molar-refractivity contribution in [2.45, 2.75) is 27.0 Å². The van der Waals surface area contributed by atoms with E-state index in [0.717, 1.165) is 17.9 Å². The first-order chi connectivity index (χ1) is 15.0. The fraction of sp³-hybridized carbons (Fsp3) is 0.238. The number of ether oxygens (including phenoxy) is 1. The maximum absolute atomic E-state index is 12.9. The molecule has 0 amide bonds. The number of nitrogens with zero attached hydrogens (tertiary/aromatic N) is 5. The van der Waals surface area contributed by atoms with E-state index in [1.54, 1.807) is 22.8 Å². The van der Waals surface area contributed by atoms with Gasteiger partial charge in [0.05, 0.1) is 17.6 Å². The number of aromatic nitrogens is 5. The molecule has 5 heterocycles. The second-order valence-corrected chi connectivity index (χ2v) is 9.23. The van der Waals surface area contributed by atoms with Crippen LogP contribution in [0.4, 0.5) is 0 Å². The summed E-state index contributed by atoms with van der Waals surface area (Å²) >= 11 is 3.05. The SMILES string of the molecule is Cc1cc(C(=O)OCc2nnc3n(C)c(=O)c4sccc4n23)c(C)n1Cc1cccs1. The monoisotopic (exact) mass is 453 g/mol. The molecule has 8 nitrogen and oxygen atoms in total. The zero-order chi connectivity index (χ0) is 21.7. The van der Waals surface area contributed by atoms with E-state index in [0.29, 0.717) is 27.4 Å². The summed E-state index contributed by atoms with van der Waals surface area (Å²) in [5.41, 5.74) is 3.00. The summed E-state index contributed by atoms with van der Waals surface area (Å²) in [4.78, 5) is 26.5. The Hall–Kier alpha value is -3.24. The number of hydrogen-bond donors (Lipinski definition) is 0. The van der Waals surface area contributed by atoms with Gasteiger partial charge in [0.2, 0.25) is 5.78 Å². The molecule has 0 aliphatic carbocycles. The standard InChI is InChI=1S/C21H19N5O3S2/c1-12-9-15(13(2)25(12)10-14-5-4-7-30-14)20(28)29-11-17-22-23-21-24(3)19(27)18-16(26(17)21)6-8-31-18/h4-9H,10-11H2,1-3H3. The molecule has 0 atom stereocenters. The Morgan fingerprint density at radius 1 is 1.16 bits per heavy atom. The molecule has 0 spiro atoms. The minimum Gasteiger partial charge on any atom is -0.454 e. The first-order valence-corrected chi connectivity index (χ1v) is 11.4. The van der Waals surface area contributed by atoms with Crippen molar-refractivity contribution in [3.8, 4) is 0 Å². The molecule has 0 aliphatic rings. The zero-order valence-electron chi connectivity index (χ0n) is 17.2. The molecule has 0 unspecified atom stereocenters. The summed E-state index contributed by atoms with van der Waals surface area (Å²) in [6.07, 6.45) is 0. The lowest BCUT2D eigenvalue weighted by atomic mass is 10.2. The number of carbonyl (C=O) groups excluding carboxylic acids is 1. The molecule has 0 N–H and O–H groups in total. The fourth-order valence-electron chi connectivity index (χ4n) is 3.76. The summed E-state index contributed by atoms with van der Waals surface area (Å²) in [6.45, 7) is 4.59. The van der Waals surface area contributed by atoms with Crippen molar-refractivity contribution >= 4 is 44.6 Å². The van der Waals surface area contributed by atoms with E-state index >= 15 is 0 Å². The maximum atomic E-state index is 12.9. The maximum Gasteiger partial charge on any atom is 0.340 e. The van der Waals surface area contributed by atoms with Crippen LogP contribution in [-0.4, -0.2) is 29.7 Å². The molecule has 0 radical (unpaired) electrons. The van der Waals surface area contributed by atoms with Gasteiger partial charge < -0.3 is 9.30 Å². The van der Waals surface area contributed by atoms with Crippen molar-refractivity contribution in [3.63, 3.8) is 0 Å². The molecule has 5 aromatic rings. The van der Waals surface area contributed by atoms with Gasteiger partial charge in [-0.2, -0.15) is 0 Å². The van der Waals surface area contributed by atoms with E-state index in [1.165, 1.54) is 20.8 Å². The predicted molar refractivity (Wildman–Crippen MR) is 120 cm³/mol. The van der Waals surface area contributed by atoms with E-state index in [4.69, 9.17) is 4.74 Å². The van der Waals surface area contributed by atoms with E-state index in [-0.39, 0.29) is 12.2 Å². The van der Waals surface area contributed by atoms with Crippen molar-refractivity contribution in [1.82, 2.24) is 23.7 Å². The molecular weight excluding hydrogens is 434 g/mol. The Kier molecular flexibility index (Phi) is 4.75. The van der Waals surface area contributed by atoms with Gasteiger partial charge in [-0.3, -0.25) is 13.8 Å². The van der Waals surface area contributed by atoms with E-state index in [9.17, 15) is 9.59 Å². The minimum absolute atomic E-state index is 0.0439. The largest absolute Gasteiger partial charge is 0.454 e. The van der Waals surface area contributed by atoms with Crippen LogP contribution in [0.5, 0.6) is 0 Å². The third-order valence-corrected chi connectivity index (χ3v) is 7.17. The summed E-state index contributed by atoms with van der Waals surface area (Å²) in [5.74, 6) is 0.472. The molecular formula is C21H19N5O3S2. The molecule has 31 heavy (non-hydrogen) atoms. The second kappa shape index (κ2) is 7.47. The molecule has 158 valence electrons. The average molecular weight is 454 g/mol. The lowest BCUT2D eigenvalue weighted by Gasteiger charge is -2.09. The van der Waals surface area contributed by atoms with Crippen LogP contribution in [-0.2, 0) is 24.9 Å². The average Bonchev–Trinajstić information content (AvgIpc) is 3.54. The first-order valence-electron chi connectivity index (χ1n) is 9.62. The number of thiophene rings is 2. The normalized spacial score (nSPS) is 11.6. The fourth-order valence-corrected chi connectivity index (χ4v) is 5.31. The number of hydrogen-bond acceptors (Lipinski definition) is 7. The Morgan fingerprint density at radius 2 is 2.00 bits per heavy atom. The van der Waals surface area contributed by atoms with Gasteiger partial charge in [0, 0.05) is 23.3 Å². The molecule has 0 aliphatic heterocycles. The van der Waals surface area contributed by atoms with Crippen LogP contribution in [0.3, 0.4) is 0 Å². The molecule has 0 aromatic carbocycles. The van der Waals surface area contributed by atoms with Crippen molar-refractivity contribution in [3.05, 3.63) is 73.0 Å². The van der Waals surface area contributed by atoms with Crippen LogP contribution in [0.2, 0.25) is 0 Å². The van der Waals surface area contributed by atoms with Gasteiger partial charge in [0.25, 0.3) is 5.56 Å². The quantitative estimate of drug-likeness (QED) is 0.380. The molecule has 0 bridgehead atoms. The summed E-state index contributed by atoms with van der Waals surface area (Å²) in [6, 6.07) is 7.80. The van der Waals surface area contributed by atoms with Crippen LogP contribution in [0.1, 0.15) is 32.4 Å². The molecule has 0 fully saturated rings. The highest BCUT2D eigenvalue weighted by molar-refractivity contribution is 7.17. The van der Waals surface area contributed by atoms with Gasteiger partial charge in [-0.1, -0.05) is 6.07 Å². The Bertz CT molecular complexity index is 1490. The van der Waals surface area contributed by atoms with Gasteiger partial charge in [-0.05, 0) is 42.8 Å². The molecule has 5 rings (SSSR count). The van der Waals surface area contributed by atoms with Crippen LogP contribution < -0.4 is 5.56 Å². The lowest BCUT2D eigenvalue weighted by Crippen LogP contribution is -2.19. The molecule has 0 saturated heterocycles. The van der Waals surface area contributed by atoms with Crippen LogP contribution >= 0.6 is 22.7 Å². The Balaban J connectivity index is 1.43. The predicted octanol–water partition coefficient (Wildman–Crippen LogP) is 3.53. The van der Waals surface area contributed by atoms with E-state index < -0.39 is 5.97 Å². The Morgan fingerprint density at radius 3 is 2.77 bits per heavy atom. The minimum atomic E-state index is -0.409. The second-order valence-electron chi connectivity index (χ2n) is 7.28.